The molecule has 2 aliphatic rings. The third kappa shape index (κ3) is 4.70. The molecule has 2 atom stereocenters. The van der Waals surface area contributed by atoms with Gasteiger partial charge in [0.2, 0.25) is 11.9 Å². The van der Waals surface area contributed by atoms with Crippen LogP contribution in [0.25, 0.3) is 15.7 Å². The van der Waals surface area contributed by atoms with Crippen LogP contribution in [0.15, 0.2) is 42.7 Å². The second kappa shape index (κ2) is 9.43. The smallest absolute Gasteiger partial charge is 0.237 e. The number of benzene rings is 1. The maximum atomic E-state index is 13.2. The number of halogens is 1. The van der Waals surface area contributed by atoms with E-state index in [1.165, 1.54) is 38.5 Å². The molecular formula is C26H30FN5OS. The molecule has 2 aromatic heterocycles. The van der Waals surface area contributed by atoms with Crippen LogP contribution in [-0.2, 0) is 4.79 Å². The molecule has 0 saturated carbocycles. The number of carbonyl (C=O) groups excluding carboxylic acids is 1. The fraction of sp³-hybridized carbons (Fsp3) is 0.423. The van der Waals surface area contributed by atoms with E-state index >= 15 is 0 Å². The van der Waals surface area contributed by atoms with Crippen molar-refractivity contribution in [3.8, 4) is 0 Å². The van der Waals surface area contributed by atoms with Crippen LogP contribution in [0, 0.1) is 12.7 Å². The van der Waals surface area contributed by atoms with Gasteiger partial charge in [0.1, 0.15) is 0 Å². The second-order valence-electron chi connectivity index (χ2n) is 9.41. The highest BCUT2D eigenvalue weighted by molar-refractivity contribution is 7.19. The number of rotatable bonds is 4. The quantitative estimate of drug-likeness (QED) is 0.557. The monoisotopic (exact) mass is 479 g/mol. The fourth-order valence-electron chi connectivity index (χ4n) is 5.09. The molecule has 2 aliphatic heterocycles. The maximum absolute atomic E-state index is 13.2. The van der Waals surface area contributed by atoms with Crippen LogP contribution in [-0.4, -0.2) is 70.5 Å². The molecule has 1 amide bonds. The van der Waals surface area contributed by atoms with Crippen molar-refractivity contribution < 1.29 is 9.18 Å². The van der Waals surface area contributed by atoms with E-state index in [4.69, 9.17) is 0 Å². The average Bonchev–Trinajstić information content (AvgIpc) is 3.21. The Morgan fingerprint density at radius 1 is 1.15 bits per heavy atom. The highest BCUT2D eigenvalue weighted by Crippen LogP contribution is 2.30. The average molecular weight is 480 g/mol. The van der Waals surface area contributed by atoms with Crippen molar-refractivity contribution in [2.24, 2.45) is 0 Å². The molecule has 178 valence electrons. The molecule has 1 fully saturated rings. The van der Waals surface area contributed by atoms with Crippen molar-refractivity contribution in [1.82, 2.24) is 19.8 Å². The van der Waals surface area contributed by atoms with Crippen molar-refractivity contribution in [1.29, 1.82) is 0 Å². The molecular weight excluding hydrogens is 449 g/mol. The van der Waals surface area contributed by atoms with Crippen molar-refractivity contribution in [2.45, 2.75) is 39.3 Å². The number of fused-ring (bicyclic) bond motifs is 1. The van der Waals surface area contributed by atoms with Crippen LogP contribution >= 0.6 is 11.3 Å². The van der Waals surface area contributed by atoms with Gasteiger partial charge in [-0.3, -0.25) is 9.69 Å². The summed E-state index contributed by atoms with van der Waals surface area (Å²) in [6.07, 6.45) is 5.48. The summed E-state index contributed by atoms with van der Waals surface area (Å²) < 4.78 is 14.5. The molecule has 0 radical (unpaired) electrons. The van der Waals surface area contributed by atoms with E-state index in [0.29, 0.717) is 32.1 Å². The molecule has 5 rings (SSSR count). The molecule has 1 aromatic carbocycles. The number of carbonyl (C=O) groups is 1. The fourth-order valence-corrected chi connectivity index (χ4v) is 5.99. The van der Waals surface area contributed by atoms with Gasteiger partial charge in [0.15, 0.2) is 5.82 Å². The van der Waals surface area contributed by atoms with Crippen LogP contribution in [0.1, 0.15) is 30.7 Å². The Hall–Kier alpha value is -2.84. The van der Waals surface area contributed by atoms with E-state index in [-0.39, 0.29) is 18.0 Å². The Morgan fingerprint density at radius 2 is 1.88 bits per heavy atom. The molecule has 34 heavy (non-hydrogen) atoms. The van der Waals surface area contributed by atoms with Gasteiger partial charge in [0.25, 0.3) is 0 Å². The minimum absolute atomic E-state index is 0.165. The van der Waals surface area contributed by atoms with Gasteiger partial charge in [-0.25, -0.2) is 14.4 Å². The number of amides is 1. The minimum Gasteiger partial charge on any atom is -0.338 e. The topological polar surface area (TPSA) is 52.6 Å². The van der Waals surface area contributed by atoms with Gasteiger partial charge >= 0.3 is 0 Å². The molecule has 8 heteroatoms. The van der Waals surface area contributed by atoms with Crippen LogP contribution < -0.4 is 4.90 Å². The van der Waals surface area contributed by atoms with Crippen LogP contribution in [0.2, 0.25) is 0 Å². The summed E-state index contributed by atoms with van der Waals surface area (Å²) in [6, 6.07) is 9.26. The lowest BCUT2D eigenvalue weighted by molar-refractivity contribution is -0.133. The van der Waals surface area contributed by atoms with Gasteiger partial charge in [-0.2, -0.15) is 0 Å². The first-order chi connectivity index (χ1) is 16.4. The van der Waals surface area contributed by atoms with E-state index in [0.717, 1.165) is 13.0 Å². The molecule has 4 heterocycles. The maximum Gasteiger partial charge on any atom is 0.237 e. The zero-order valence-electron chi connectivity index (χ0n) is 19.9. The summed E-state index contributed by atoms with van der Waals surface area (Å²) in [5, 5.41) is 1.30. The predicted octanol–water partition coefficient (Wildman–Crippen LogP) is 4.35. The summed E-state index contributed by atoms with van der Waals surface area (Å²) in [6.45, 7) is 9.61. The summed E-state index contributed by atoms with van der Waals surface area (Å²) in [5.41, 5.74) is 2.59. The Balaban J connectivity index is 1.20. The summed E-state index contributed by atoms with van der Waals surface area (Å²) in [7, 11) is 0. The molecule has 6 nitrogen and oxygen atoms in total. The molecule has 0 unspecified atom stereocenters. The first-order valence-corrected chi connectivity index (χ1v) is 12.6. The number of thiophene rings is 1. The van der Waals surface area contributed by atoms with Crippen molar-refractivity contribution in [3.63, 3.8) is 0 Å². The molecule has 0 aliphatic carbocycles. The van der Waals surface area contributed by atoms with Gasteiger partial charge in [0.05, 0.1) is 18.9 Å². The number of aromatic nitrogens is 2. The molecule has 0 N–H and O–H groups in total. The zero-order valence-corrected chi connectivity index (χ0v) is 20.7. The van der Waals surface area contributed by atoms with Gasteiger partial charge in [0, 0.05) is 47.8 Å². The zero-order chi connectivity index (χ0) is 23.8. The molecule has 0 spiro atoms. The highest BCUT2D eigenvalue weighted by atomic mass is 32.1. The molecule has 0 bridgehead atoms. The Bertz CT molecular complexity index is 1210. The predicted molar refractivity (Wildman–Crippen MR) is 136 cm³/mol. The third-order valence-electron chi connectivity index (χ3n) is 6.88. The highest BCUT2D eigenvalue weighted by Gasteiger charge is 2.33. The van der Waals surface area contributed by atoms with Gasteiger partial charge < -0.3 is 9.80 Å². The number of hydrogen-bond acceptors (Lipinski definition) is 6. The number of nitrogens with zero attached hydrogens (tertiary/aromatic N) is 5. The number of hydrogen-bond donors (Lipinski definition) is 0. The lowest BCUT2D eigenvalue weighted by atomic mass is 9.98. The lowest BCUT2D eigenvalue weighted by Gasteiger charge is -2.44. The summed E-state index contributed by atoms with van der Waals surface area (Å²) in [5.74, 6) is 0.273. The summed E-state index contributed by atoms with van der Waals surface area (Å²) >= 11 is 1.83. The number of piperazine rings is 1. The largest absolute Gasteiger partial charge is 0.338 e. The Morgan fingerprint density at radius 3 is 2.56 bits per heavy atom. The summed E-state index contributed by atoms with van der Waals surface area (Å²) in [4.78, 5) is 29.0. The normalized spacial score (nSPS) is 21.7. The van der Waals surface area contributed by atoms with Crippen molar-refractivity contribution in [2.75, 3.05) is 37.6 Å². The lowest BCUT2D eigenvalue weighted by Crippen LogP contribution is -2.59. The van der Waals surface area contributed by atoms with Crippen LogP contribution in [0.4, 0.5) is 10.3 Å². The third-order valence-corrected chi connectivity index (χ3v) is 7.91. The molecule has 3 aromatic rings. The van der Waals surface area contributed by atoms with Crippen molar-refractivity contribution in [3.05, 3.63) is 59.0 Å². The minimum atomic E-state index is -0.435. The standard InChI is InChI=1S/C26H30FN5OS/c1-17-14-31(26-28-12-23(27)13-29-26)15-18(2)32(17)16-25(33)30-8-6-20(7-9-30)21-4-5-24-22(11-21)10-19(3)34-24/h4-6,10-13,17-18H,7-9,14-16H2,1-3H3/t17-,18+. The van der Waals surface area contributed by atoms with Gasteiger partial charge in [-0.1, -0.05) is 12.1 Å². The van der Waals surface area contributed by atoms with Gasteiger partial charge in [-0.05, 0) is 61.9 Å². The SMILES string of the molecule is Cc1cc2cc(C3=CCN(C(=O)CN4[C@H](C)CN(c5ncc(F)cn5)C[C@@H]4C)CC3)ccc2s1. The Kier molecular flexibility index (Phi) is 6.36. The van der Waals surface area contributed by atoms with E-state index < -0.39 is 5.82 Å². The number of anilines is 1. The number of aryl methyl sites for hydroxylation is 1. The van der Waals surface area contributed by atoms with E-state index in [9.17, 15) is 9.18 Å². The van der Waals surface area contributed by atoms with E-state index in [2.05, 4.69) is 70.9 Å². The van der Waals surface area contributed by atoms with Crippen LogP contribution in [0.5, 0.6) is 0 Å². The van der Waals surface area contributed by atoms with Gasteiger partial charge in [-0.15, -0.1) is 11.3 Å². The van der Waals surface area contributed by atoms with E-state index in [1.54, 1.807) is 0 Å². The first kappa shape index (κ1) is 22.9. The van der Waals surface area contributed by atoms with Crippen molar-refractivity contribution >= 4 is 38.9 Å². The molecule has 1 saturated heterocycles. The van der Waals surface area contributed by atoms with E-state index in [1.807, 2.05) is 16.2 Å². The Labute approximate surface area is 203 Å². The second-order valence-corrected chi connectivity index (χ2v) is 10.7. The van der Waals surface area contributed by atoms with Crippen LogP contribution in [0.3, 0.4) is 0 Å². The first-order valence-electron chi connectivity index (χ1n) is 11.8.